The molecule has 0 atom stereocenters. The van der Waals surface area contributed by atoms with Crippen LogP contribution in [-0.4, -0.2) is 91.8 Å². The van der Waals surface area contributed by atoms with E-state index in [0.29, 0.717) is 84.4 Å². The molecule has 33 heteroatoms. The van der Waals surface area contributed by atoms with Gasteiger partial charge >= 0.3 is 12.4 Å². The second-order valence-electron chi connectivity index (χ2n) is 32.8. The van der Waals surface area contributed by atoms with Crippen LogP contribution < -0.4 is 0 Å². The van der Waals surface area contributed by atoms with Crippen molar-refractivity contribution in [2.45, 2.75) is 197 Å². The highest BCUT2D eigenvalue weighted by Crippen LogP contribution is 2.38. The summed E-state index contributed by atoms with van der Waals surface area (Å²) in [7, 11) is 0. The number of para-hydroxylation sites is 2. The van der Waals surface area contributed by atoms with Gasteiger partial charge in [-0.05, 0) is 163 Å². The van der Waals surface area contributed by atoms with Gasteiger partial charge in [0.1, 0.15) is 34.3 Å². The Kier molecular flexibility index (Phi) is 31.8. The van der Waals surface area contributed by atoms with Gasteiger partial charge in [-0.1, -0.05) is 207 Å². The fraction of sp³-hybridized carbons (Fsp3) is 0.323. The number of rotatable bonds is 9. The van der Waals surface area contributed by atoms with Crippen molar-refractivity contribution in [3.8, 4) is 0 Å². The quantitative estimate of drug-likeness (QED) is 0.0622. The maximum absolute atomic E-state index is 13.6. The summed E-state index contributed by atoms with van der Waals surface area (Å²) < 4.78 is 141. The summed E-state index contributed by atoms with van der Waals surface area (Å²) in [6.07, 6.45) is -8.62. The minimum Gasteiger partial charge on any atom is -0.281 e. The lowest BCUT2D eigenvalue weighted by Crippen LogP contribution is -2.04. The predicted octanol–water partition coefficient (Wildman–Crippen LogP) is 29.8. The third-order valence-electron chi connectivity index (χ3n) is 20.4. The van der Waals surface area contributed by atoms with Gasteiger partial charge < -0.3 is 0 Å². The lowest BCUT2D eigenvalue weighted by Gasteiger charge is -2.07. The minimum atomic E-state index is -4.31. The van der Waals surface area contributed by atoms with Gasteiger partial charge in [0.25, 0.3) is 0 Å². The van der Waals surface area contributed by atoms with E-state index in [-0.39, 0.29) is 45.3 Å². The Bertz CT molecular complexity index is 6450. The maximum Gasteiger partial charge on any atom is 0.416 e. The summed E-state index contributed by atoms with van der Waals surface area (Å²) in [5.41, 5.74) is 14.4. The molecule has 0 spiro atoms. The Balaban J connectivity index is 0.000000148. The normalized spacial score (nSPS) is 11.7. The van der Waals surface area contributed by atoms with Gasteiger partial charge in [-0.25, -0.2) is 22.0 Å². The van der Waals surface area contributed by atoms with Crippen molar-refractivity contribution in [1.29, 1.82) is 0 Å². The lowest BCUT2D eigenvalue weighted by atomic mass is 10.0. The number of alkyl halides is 6. The molecule has 9 N–H and O–H groups in total. The number of hydrogen-bond acceptors (Lipinski definition) is 9. The third-order valence-corrected chi connectivity index (χ3v) is 21.5. The molecule has 0 aliphatic carbocycles. The summed E-state index contributed by atoms with van der Waals surface area (Å²) in [4.78, 5) is 0. The molecule has 0 aliphatic heterocycles. The first-order chi connectivity index (χ1) is 59.3. The smallest absolute Gasteiger partial charge is 0.281 e. The molecule has 0 radical (unpaired) electrons. The SMILES string of the molecule is CC(C)c1[nH]nc2c(Cl)cccc12.CC(C)c1[nH]nc2c(F)cccc12.CC(C)c1[nH]nc2cc(C(F)(F)F)ccc12.CC(C)c1[nH]nc2cc(Cl)c(F)cc12.CC(C)c1[nH]nc2cc(Cl)ccc12.CC(C)c1[nH]nc2cc(F)c(Cl)cc12.CC(C)c1[nH]nc2cc(F)ccc12.CC(C)c1[nH]nc2ccc(C(F)(F)F)cc12.Cc1ccc(F)c2c(C(C)C)[nH]nc12. The number of nitrogens with one attached hydrogen (secondary N) is 9. The Morgan fingerprint density at radius 3 is 1.10 bits per heavy atom. The highest BCUT2D eigenvalue weighted by atomic mass is 35.5. The molecule has 666 valence electrons. The van der Waals surface area contributed by atoms with Crippen LogP contribution >= 0.6 is 46.4 Å². The van der Waals surface area contributed by atoms with Crippen LogP contribution in [0.2, 0.25) is 20.1 Å². The highest BCUT2D eigenvalue weighted by Gasteiger charge is 2.33. The molecular formula is C93H99Cl4F11N18. The molecule has 0 unspecified atom stereocenters. The average Bonchev–Trinajstić information content (AvgIpc) is 1.61. The molecule has 9 aromatic heterocycles. The van der Waals surface area contributed by atoms with Gasteiger partial charge in [-0.2, -0.15) is 72.2 Å². The van der Waals surface area contributed by atoms with E-state index in [1.165, 1.54) is 65.7 Å². The van der Waals surface area contributed by atoms with Crippen LogP contribution in [0, 0.1) is 36.0 Å². The Morgan fingerprint density at radius 1 is 0.254 bits per heavy atom. The zero-order valence-electron chi connectivity index (χ0n) is 72.7. The fourth-order valence-corrected chi connectivity index (χ4v) is 14.4. The van der Waals surface area contributed by atoms with Crippen LogP contribution in [-0.2, 0) is 12.4 Å². The maximum atomic E-state index is 13.6. The van der Waals surface area contributed by atoms with Crippen LogP contribution in [0.3, 0.4) is 0 Å². The molecule has 9 aromatic carbocycles. The van der Waals surface area contributed by atoms with E-state index in [2.05, 4.69) is 147 Å². The number of halogens is 15. The van der Waals surface area contributed by atoms with E-state index in [1.807, 2.05) is 119 Å². The summed E-state index contributed by atoms with van der Waals surface area (Å²) in [5.74, 6) is 1.31. The van der Waals surface area contributed by atoms with Crippen molar-refractivity contribution in [3.63, 3.8) is 0 Å². The fourth-order valence-electron chi connectivity index (χ4n) is 13.7. The molecule has 9 heterocycles. The first kappa shape index (κ1) is 96.8. The van der Waals surface area contributed by atoms with Gasteiger partial charge in [-0.15, -0.1) is 0 Å². The number of benzene rings is 9. The van der Waals surface area contributed by atoms with Crippen molar-refractivity contribution in [3.05, 3.63) is 263 Å². The molecule has 18 rings (SSSR count). The van der Waals surface area contributed by atoms with Gasteiger partial charge in [0.05, 0.1) is 70.2 Å². The summed E-state index contributed by atoms with van der Waals surface area (Å²) in [6, 6.07) is 37.7. The lowest BCUT2D eigenvalue weighted by molar-refractivity contribution is -0.138. The summed E-state index contributed by atoms with van der Waals surface area (Å²) in [5, 5.41) is 72.0. The Hall–Kier alpha value is -11.4. The van der Waals surface area contributed by atoms with E-state index in [1.54, 1.807) is 24.3 Å². The van der Waals surface area contributed by atoms with Crippen LogP contribution in [0.1, 0.15) is 246 Å². The van der Waals surface area contributed by atoms with Crippen LogP contribution in [0.25, 0.3) is 98.1 Å². The molecule has 0 aliphatic rings. The number of aromatic nitrogens is 18. The molecule has 0 saturated carbocycles. The van der Waals surface area contributed by atoms with E-state index in [4.69, 9.17) is 46.4 Å². The van der Waals surface area contributed by atoms with Crippen molar-refractivity contribution in [1.82, 2.24) is 91.8 Å². The van der Waals surface area contributed by atoms with Crippen LogP contribution in [0.5, 0.6) is 0 Å². The van der Waals surface area contributed by atoms with Crippen molar-refractivity contribution < 1.29 is 48.3 Å². The molecule has 18 nitrogen and oxygen atoms in total. The number of aryl methyl sites for hydroxylation is 1. The van der Waals surface area contributed by atoms with Crippen molar-refractivity contribution >= 4 is 145 Å². The standard InChI is InChI=1S/2C11H11F3N2.C11H13FN2.2C10H10ClFN2.2C10H11ClN2.2C10H11FN2/c1-6(2)10-8-5-7(11(12,13)14)3-4-9(8)15-16-10;1-6(2)10-8-4-3-7(11(12,13)14)5-9(8)15-16-10;1-6(2)10-9-8(12)5-4-7(3)11(9)14-13-10;1-5(2)10-6-3-8(12)7(11)4-9(6)13-14-10;1-5(2)10-6-3-7(11)8(12)4-9(6)13-14-10;1-6(2)10-8-4-3-7(11)5-9(8)12-13-10;1-6(2)9-7-4-3-5-8(11)10(7)13-12-9;1-6(2)10-8-4-3-7(11)5-9(8)12-13-10;1-6(2)9-7-4-3-5-8(11)10(7)13-12-9/h2*3-6H,1-2H3,(H,15,16);4-6H,1-3H3,(H,13,14);2*3-5H,1-2H3,(H,13,14);4*3-6H,1-2H3,(H,12,13). The topological polar surface area (TPSA) is 258 Å². The average molecular weight is 1820 g/mol. The molecule has 0 saturated heterocycles. The number of aromatic amines is 9. The summed E-state index contributed by atoms with van der Waals surface area (Å²) >= 11 is 23.2. The Labute approximate surface area is 740 Å². The second-order valence-corrected chi connectivity index (χ2v) is 34.5. The summed E-state index contributed by atoms with van der Waals surface area (Å²) in [6.45, 7) is 38.7. The van der Waals surface area contributed by atoms with E-state index < -0.39 is 35.1 Å². The third kappa shape index (κ3) is 23.1. The molecule has 18 aromatic rings. The van der Waals surface area contributed by atoms with Gasteiger partial charge in [0.2, 0.25) is 0 Å². The Morgan fingerprint density at radius 2 is 0.603 bits per heavy atom. The predicted molar refractivity (Wildman–Crippen MR) is 486 cm³/mol. The molecule has 0 fully saturated rings. The highest BCUT2D eigenvalue weighted by molar-refractivity contribution is 6.35. The van der Waals surface area contributed by atoms with Gasteiger partial charge in [0, 0.05) is 111 Å². The number of hydrogen-bond donors (Lipinski definition) is 9. The first-order valence-corrected chi connectivity index (χ1v) is 42.3. The second kappa shape index (κ2) is 41.4. The molecule has 126 heavy (non-hydrogen) atoms. The first-order valence-electron chi connectivity index (χ1n) is 40.8. The molecule has 0 bridgehead atoms. The van der Waals surface area contributed by atoms with E-state index >= 15 is 0 Å². The van der Waals surface area contributed by atoms with Crippen molar-refractivity contribution in [2.75, 3.05) is 0 Å². The van der Waals surface area contributed by atoms with Crippen molar-refractivity contribution in [2.24, 2.45) is 0 Å². The zero-order valence-corrected chi connectivity index (χ0v) is 75.8. The van der Waals surface area contributed by atoms with E-state index in [0.717, 1.165) is 129 Å². The van der Waals surface area contributed by atoms with Crippen LogP contribution in [0.4, 0.5) is 48.3 Å². The monoisotopic (exact) mass is 1820 g/mol. The van der Waals surface area contributed by atoms with Crippen LogP contribution in [0.15, 0.2) is 146 Å². The number of H-pyrrole nitrogens is 9. The van der Waals surface area contributed by atoms with Gasteiger partial charge in [-0.3, -0.25) is 45.9 Å². The number of nitrogens with zero attached hydrogens (tertiary/aromatic N) is 9. The minimum absolute atomic E-state index is 0.110. The molecular weight excluding hydrogens is 1720 g/mol. The van der Waals surface area contributed by atoms with E-state index in [9.17, 15) is 48.3 Å². The number of fused-ring (bicyclic) bond motifs is 9. The van der Waals surface area contributed by atoms with Gasteiger partial charge in [0.15, 0.2) is 5.82 Å². The zero-order chi connectivity index (χ0) is 92.4. The molecule has 0 amide bonds. The largest absolute Gasteiger partial charge is 0.416 e.